The molecule has 3 heteroatoms. The van der Waals surface area contributed by atoms with Gasteiger partial charge in [0.1, 0.15) is 0 Å². The van der Waals surface area contributed by atoms with Crippen LogP contribution in [0.1, 0.15) is 30.8 Å². The van der Waals surface area contributed by atoms with Crippen molar-refractivity contribution < 1.29 is 4.79 Å². The van der Waals surface area contributed by atoms with Crippen LogP contribution in [-0.4, -0.2) is 34.9 Å². The van der Waals surface area contributed by atoms with Gasteiger partial charge in [-0.2, -0.15) is 0 Å². The molecule has 0 N–H and O–H groups in total. The molecule has 0 amide bonds. The number of carbonyl (C=O) groups excluding carboxylic acids is 1. The van der Waals surface area contributed by atoms with E-state index in [9.17, 15) is 4.79 Å². The number of carbonyl (C=O) groups is 1. The first-order chi connectivity index (χ1) is 8.06. The summed E-state index contributed by atoms with van der Waals surface area (Å²) in [6, 6.07) is 3.83. The largest absolute Gasteiger partial charge is 0.348 e. The number of nitrogens with zero attached hydrogens (tertiary/aromatic N) is 2. The average molecular weight is 234 g/mol. The molecule has 2 unspecified atom stereocenters. The Labute approximate surface area is 103 Å². The first kappa shape index (κ1) is 12.4. The summed E-state index contributed by atoms with van der Waals surface area (Å²) in [6.07, 6.45) is 3.21. The smallest absolute Gasteiger partial charge is 0.193 e. The fraction of sp³-hybridized carbons (Fsp3) is 0.643. The van der Waals surface area contributed by atoms with Crippen molar-refractivity contribution in [3.05, 3.63) is 24.0 Å². The van der Waals surface area contributed by atoms with E-state index in [0.29, 0.717) is 18.4 Å². The molecule has 0 aromatic carbocycles. The summed E-state index contributed by atoms with van der Waals surface area (Å²) in [6.45, 7) is 7.22. The lowest BCUT2D eigenvalue weighted by Gasteiger charge is -2.34. The Morgan fingerprint density at radius 1 is 1.35 bits per heavy atom. The Kier molecular flexibility index (Phi) is 3.67. The van der Waals surface area contributed by atoms with Crippen molar-refractivity contribution in [2.45, 2.75) is 20.3 Å². The topological polar surface area (TPSA) is 25.2 Å². The highest BCUT2D eigenvalue weighted by Gasteiger charge is 2.24. The van der Waals surface area contributed by atoms with Crippen LogP contribution >= 0.6 is 0 Å². The maximum atomic E-state index is 12.1. The second-order valence-electron chi connectivity index (χ2n) is 5.57. The van der Waals surface area contributed by atoms with Crippen LogP contribution in [0.2, 0.25) is 0 Å². The molecule has 1 aliphatic rings. The molecule has 1 saturated heterocycles. The van der Waals surface area contributed by atoms with E-state index in [2.05, 4.69) is 18.7 Å². The predicted molar refractivity (Wildman–Crippen MR) is 69.1 cm³/mol. The van der Waals surface area contributed by atoms with Crippen LogP contribution < -0.4 is 0 Å². The van der Waals surface area contributed by atoms with Gasteiger partial charge in [-0.25, -0.2) is 0 Å². The zero-order valence-corrected chi connectivity index (χ0v) is 11.0. The van der Waals surface area contributed by atoms with Gasteiger partial charge < -0.3 is 4.57 Å². The Hall–Kier alpha value is -1.09. The molecule has 2 rings (SSSR count). The summed E-state index contributed by atoms with van der Waals surface area (Å²) >= 11 is 0. The van der Waals surface area contributed by atoms with Crippen molar-refractivity contribution in [3.63, 3.8) is 0 Å². The van der Waals surface area contributed by atoms with Gasteiger partial charge in [-0.05, 0) is 30.4 Å². The van der Waals surface area contributed by atoms with Gasteiger partial charge in [-0.15, -0.1) is 0 Å². The second kappa shape index (κ2) is 5.05. The first-order valence-electron chi connectivity index (χ1n) is 6.43. The molecule has 17 heavy (non-hydrogen) atoms. The van der Waals surface area contributed by atoms with E-state index < -0.39 is 0 Å². The first-order valence-corrected chi connectivity index (χ1v) is 6.43. The molecular formula is C14H22N2O. The van der Waals surface area contributed by atoms with Crippen LogP contribution in [0.3, 0.4) is 0 Å². The molecule has 2 heterocycles. The van der Waals surface area contributed by atoms with Gasteiger partial charge in [0.15, 0.2) is 5.78 Å². The molecule has 1 aromatic rings. The Bertz CT molecular complexity index is 387. The van der Waals surface area contributed by atoms with E-state index >= 15 is 0 Å². The van der Waals surface area contributed by atoms with Gasteiger partial charge in [-0.3, -0.25) is 9.69 Å². The van der Waals surface area contributed by atoms with Crippen molar-refractivity contribution in [2.24, 2.45) is 18.9 Å². The van der Waals surface area contributed by atoms with E-state index in [1.165, 1.54) is 6.42 Å². The second-order valence-corrected chi connectivity index (χ2v) is 5.57. The molecule has 1 fully saturated rings. The van der Waals surface area contributed by atoms with Crippen LogP contribution in [0, 0.1) is 11.8 Å². The van der Waals surface area contributed by atoms with Crippen molar-refractivity contribution >= 4 is 5.78 Å². The maximum absolute atomic E-state index is 12.1. The zero-order valence-electron chi connectivity index (χ0n) is 11.0. The highest BCUT2D eigenvalue weighted by Crippen LogP contribution is 2.21. The third-order valence-electron chi connectivity index (χ3n) is 3.54. The van der Waals surface area contributed by atoms with Crippen LogP contribution in [0.5, 0.6) is 0 Å². The van der Waals surface area contributed by atoms with Crippen molar-refractivity contribution in [3.8, 4) is 0 Å². The fourth-order valence-electron chi connectivity index (χ4n) is 2.96. The Morgan fingerprint density at radius 2 is 2.00 bits per heavy atom. The van der Waals surface area contributed by atoms with Gasteiger partial charge in [0, 0.05) is 26.3 Å². The predicted octanol–water partition coefficient (Wildman–Crippen LogP) is 2.19. The summed E-state index contributed by atoms with van der Waals surface area (Å²) < 4.78 is 1.90. The number of hydrogen-bond acceptors (Lipinski definition) is 2. The third-order valence-corrected chi connectivity index (χ3v) is 3.54. The lowest BCUT2D eigenvalue weighted by atomic mass is 9.92. The SMILES string of the molecule is CC1CC(C)CN(CC(=O)c2cccn2C)C1. The minimum Gasteiger partial charge on any atom is -0.348 e. The molecule has 0 radical (unpaired) electrons. The zero-order chi connectivity index (χ0) is 12.4. The molecule has 1 aromatic heterocycles. The number of likely N-dealkylation sites (tertiary alicyclic amines) is 1. The fourth-order valence-corrected chi connectivity index (χ4v) is 2.96. The molecule has 0 saturated carbocycles. The molecule has 94 valence electrons. The molecule has 0 spiro atoms. The highest BCUT2D eigenvalue weighted by atomic mass is 16.1. The average Bonchev–Trinajstić information content (AvgIpc) is 2.62. The van der Waals surface area contributed by atoms with Crippen molar-refractivity contribution in [2.75, 3.05) is 19.6 Å². The number of aromatic nitrogens is 1. The molecule has 0 aliphatic carbocycles. The van der Waals surface area contributed by atoms with Gasteiger partial charge in [0.2, 0.25) is 0 Å². The number of hydrogen-bond donors (Lipinski definition) is 0. The number of rotatable bonds is 3. The van der Waals surface area contributed by atoms with Crippen LogP contribution in [-0.2, 0) is 7.05 Å². The Balaban J connectivity index is 1.97. The normalized spacial score (nSPS) is 26.1. The van der Waals surface area contributed by atoms with Crippen LogP contribution in [0.4, 0.5) is 0 Å². The summed E-state index contributed by atoms with van der Waals surface area (Å²) in [7, 11) is 1.93. The van der Waals surface area contributed by atoms with Gasteiger partial charge in [0.05, 0.1) is 12.2 Å². The van der Waals surface area contributed by atoms with Crippen LogP contribution in [0.15, 0.2) is 18.3 Å². The van der Waals surface area contributed by atoms with E-state index in [0.717, 1.165) is 18.8 Å². The molecule has 3 nitrogen and oxygen atoms in total. The monoisotopic (exact) mass is 234 g/mol. The highest BCUT2D eigenvalue weighted by molar-refractivity contribution is 5.96. The molecular weight excluding hydrogens is 212 g/mol. The van der Waals surface area contributed by atoms with Crippen molar-refractivity contribution in [1.82, 2.24) is 9.47 Å². The minimum atomic E-state index is 0.235. The number of ketones is 1. The van der Waals surface area contributed by atoms with Gasteiger partial charge >= 0.3 is 0 Å². The number of Topliss-reactive ketones (excluding diaryl/α,β-unsaturated/α-hetero) is 1. The van der Waals surface area contributed by atoms with E-state index in [-0.39, 0.29) is 5.78 Å². The quantitative estimate of drug-likeness (QED) is 0.749. The maximum Gasteiger partial charge on any atom is 0.193 e. The summed E-state index contributed by atoms with van der Waals surface area (Å²) in [5.41, 5.74) is 0.816. The molecule has 1 aliphatic heterocycles. The van der Waals surface area contributed by atoms with Gasteiger partial charge in [0.25, 0.3) is 0 Å². The van der Waals surface area contributed by atoms with E-state index in [1.54, 1.807) is 0 Å². The van der Waals surface area contributed by atoms with Crippen LogP contribution in [0.25, 0.3) is 0 Å². The lowest BCUT2D eigenvalue weighted by molar-refractivity contribution is 0.0842. The van der Waals surface area contributed by atoms with E-state index in [1.807, 2.05) is 29.9 Å². The standard InChI is InChI=1S/C14H22N2O/c1-11-7-12(2)9-16(8-11)10-14(17)13-5-4-6-15(13)3/h4-6,11-12H,7-10H2,1-3H3. The molecule has 0 bridgehead atoms. The summed E-state index contributed by atoms with van der Waals surface area (Å²) in [4.78, 5) is 14.4. The Morgan fingerprint density at radius 3 is 2.53 bits per heavy atom. The van der Waals surface area contributed by atoms with E-state index in [4.69, 9.17) is 0 Å². The lowest BCUT2D eigenvalue weighted by Crippen LogP contribution is -2.41. The molecule has 2 atom stereocenters. The number of aryl methyl sites for hydroxylation is 1. The third kappa shape index (κ3) is 2.97. The summed E-state index contributed by atoms with van der Waals surface area (Å²) in [5.74, 6) is 1.65. The summed E-state index contributed by atoms with van der Waals surface area (Å²) in [5, 5.41) is 0. The number of piperidine rings is 1. The van der Waals surface area contributed by atoms with Gasteiger partial charge in [-0.1, -0.05) is 13.8 Å². The minimum absolute atomic E-state index is 0.235. The van der Waals surface area contributed by atoms with Crippen molar-refractivity contribution in [1.29, 1.82) is 0 Å².